The van der Waals surface area contributed by atoms with E-state index >= 15 is 0 Å². The number of benzene rings is 2. The first-order chi connectivity index (χ1) is 12.0. The summed E-state index contributed by atoms with van der Waals surface area (Å²) in [5, 5.41) is 1.03. The van der Waals surface area contributed by atoms with Crippen LogP contribution in [0.1, 0.15) is 24.4 Å². The molecule has 3 aromatic rings. The first kappa shape index (κ1) is 16.9. The molecule has 3 rings (SSSR count). The van der Waals surface area contributed by atoms with Crippen molar-refractivity contribution >= 4 is 34.5 Å². The van der Waals surface area contributed by atoms with E-state index in [4.69, 9.17) is 16.3 Å². The van der Waals surface area contributed by atoms with Gasteiger partial charge in [-0.2, -0.15) is 0 Å². The summed E-state index contributed by atoms with van der Waals surface area (Å²) in [5.74, 6) is -0.258. The summed E-state index contributed by atoms with van der Waals surface area (Å²) in [6, 6.07) is 14.1. The molecule has 0 spiro atoms. The van der Waals surface area contributed by atoms with E-state index in [0.717, 1.165) is 0 Å². The number of esters is 1. The van der Waals surface area contributed by atoms with Gasteiger partial charge in [0.15, 0.2) is 11.9 Å². The molecule has 0 aliphatic rings. The number of carbonyl (C=O) groups is 1. The van der Waals surface area contributed by atoms with Crippen molar-refractivity contribution in [3.63, 3.8) is 0 Å². The highest BCUT2D eigenvalue weighted by atomic mass is 35.5. The van der Waals surface area contributed by atoms with Crippen LogP contribution in [0.2, 0.25) is 5.02 Å². The highest BCUT2D eigenvalue weighted by Crippen LogP contribution is 2.18. The van der Waals surface area contributed by atoms with Gasteiger partial charge in [0.2, 0.25) is 0 Å². The Morgan fingerprint density at radius 2 is 1.92 bits per heavy atom. The highest BCUT2D eigenvalue weighted by Gasteiger charge is 2.14. The Bertz CT molecular complexity index is 1010. The number of hydrogen-bond donors (Lipinski definition) is 1. The Morgan fingerprint density at radius 1 is 1.20 bits per heavy atom. The summed E-state index contributed by atoms with van der Waals surface area (Å²) >= 11 is 6.03. The number of ether oxygens (including phenoxy) is 1. The minimum Gasteiger partial charge on any atom is -0.451 e. The van der Waals surface area contributed by atoms with Crippen molar-refractivity contribution in [2.24, 2.45) is 0 Å². The second kappa shape index (κ2) is 7.32. The number of halogens is 1. The fourth-order valence-corrected chi connectivity index (χ4v) is 2.53. The third-order valence-electron chi connectivity index (χ3n) is 3.61. The average molecular weight is 355 g/mol. The van der Waals surface area contributed by atoms with Crippen LogP contribution < -0.4 is 5.56 Å². The smallest absolute Gasteiger partial charge is 0.331 e. The van der Waals surface area contributed by atoms with Crippen molar-refractivity contribution in [1.29, 1.82) is 0 Å². The SMILES string of the molecule is C[C@H](OC(=O)/C=C/c1ccccc1Cl)c1nc2ccccc2c(=O)[nH]1. The van der Waals surface area contributed by atoms with Crippen LogP contribution >= 0.6 is 11.6 Å². The van der Waals surface area contributed by atoms with Gasteiger partial charge in [0.25, 0.3) is 5.56 Å². The number of hydrogen-bond acceptors (Lipinski definition) is 4. The molecule has 0 unspecified atom stereocenters. The molecular formula is C19H15ClN2O3. The molecule has 1 heterocycles. The lowest BCUT2D eigenvalue weighted by molar-refractivity contribution is -0.142. The summed E-state index contributed by atoms with van der Waals surface area (Å²) in [6.07, 6.45) is 2.17. The van der Waals surface area contributed by atoms with E-state index in [9.17, 15) is 9.59 Å². The first-order valence-corrected chi connectivity index (χ1v) is 8.04. The summed E-state index contributed by atoms with van der Waals surface area (Å²) in [5.41, 5.74) is 0.997. The molecule has 25 heavy (non-hydrogen) atoms. The maximum absolute atomic E-state index is 12.1. The van der Waals surface area contributed by atoms with Gasteiger partial charge >= 0.3 is 5.97 Å². The fourth-order valence-electron chi connectivity index (χ4n) is 2.33. The standard InChI is InChI=1S/C19H15ClN2O3/c1-12(18-21-16-9-5-3-7-14(16)19(24)22-18)25-17(23)11-10-13-6-2-4-8-15(13)20/h2-12H,1H3,(H,21,22,24)/b11-10+/t12-/m0/s1. The zero-order chi connectivity index (χ0) is 17.8. The molecule has 0 fully saturated rings. The van der Waals surface area contributed by atoms with Crippen LogP contribution in [-0.2, 0) is 9.53 Å². The van der Waals surface area contributed by atoms with Crippen molar-refractivity contribution in [3.8, 4) is 0 Å². The van der Waals surface area contributed by atoms with Gasteiger partial charge in [0, 0.05) is 11.1 Å². The zero-order valence-corrected chi connectivity index (χ0v) is 14.2. The molecule has 0 amide bonds. The Morgan fingerprint density at radius 3 is 2.72 bits per heavy atom. The maximum Gasteiger partial charge on any atom is 0.331 e. The summed E-state index contributed by atoms with van der Waals surface area (Å²) in [6.45, 7) is 1.65. The number of H-pyrrole nitrogens is 1. The van der Waals surface area contributed by atoms with Crippen LogP contribution in [-0.4, -0.2) is 15.9 Å². The number of rotatable bonds is 4. The number of aromatic amines is 1. The van der Waals surface area contributed by atoms with Crippen LogP contribution in [0.25, 0.3) is 17.0 Å². The molecule has 5 nitrogen and oxygen atoms in total. The molecule has 1 atom stereocenters. The van der Waals surface area contributed by atoms with E-state index in [-0.39, 0.29) is 5.56 Å². The number of carbonyl (C=O) groups excluding carboxylic acids is 1. The van der Waals surface area contributed by atoms with Gasteiger partial charge in [0.05, 0.1) is 10.9 Å². The van der Waals surface area contributed by atoms with E-state index in [2.05, 4.69) is 9.97 Å². The molecule has 0 bridgehead atoms. The van der Waals surface area contributed by atoms with E-state index in [1.807, 2.05) is 12.1 Å². The minimum atomic E-state index is -0.694. The second-order valence-corrected chi connectivity index (χ2v) is 5.81. The number of nitrogens with one attached hydrogen (secondary N) is 1. The second-order valence-electron chi connectivity index (χ2n) is 5.40. The number of para-hydroxylation sites is 1. The lowest BCUT2D eigenvalue weighted by Gasteiger charge is -2.11. The molecular weight excluding hydrogens is 340 g/mol. The Kier molecular flexibility index (Phi) is 4.95. The van der Waals surface area contributed by atoms with Crippen LogP contribution in [0, 0.1) is 0 Å². The Labute approximate surface area is 148 Å². The van der Waals surface area contributed by atoms with E-state index in [1.165, 1.54) is 6.08 Å². The van der Waals surface area contributed by atoms with Gasteiger partial charge in [-0.1, -0.05) is 41.9 Å². The molecule has 126 valence electrons. The lowest BCUT2D eigenvalue weighted by Crippen LogP contribution is -2.16. The van der Waals surface area contributed by atoms with Crippen molar-refractivity contribution in [2.45, 2.75) is 13.0 Å². The average Bonchev–Trinajstić information content (AvgIpc) is 2.61. The maximum atomic E-state index is 12.1. The van der Waals surface area contributed by atoms with E-state index in [0.29, 0.717) is 27.3 Å². The molecule has 1 aromatic heterocycles. The molecule has 6 heteroatoms. The minimum absolute atomic E-state index is 0.268. The van der Waals surface area contributed by atoms with Gasteiger partial charge in [-0.25, -0.2) is 9.78 Å². The quantitative estimate of drug-likeness (QED) is 0.569. The number of aromatic nitrogens is 2. The van der Waals surface area contributed by atoms with E-state index in [1.54, 1.807) is 49.4 Å². The van der Waals surface area contributed by atoms with Gasteiger partial charge < -0.3 is 9.72 Å². The Hall–Kier alpha value is -2.92. The predicted octanol–water partition coefficient (Wildman–Crippen LogP) is 3.89. The summed E-state index contributed by atoms with van der Waals surface area (Å²) < 4.78 is 5.30. The van der Waals surface area contributed by atoms with Crippen molar-refractivity contribution in [2.75, 3.05) is 0 Å². The summed E-state index contributed by atoms with van der Waals surface area (Å²) in [7, 11) is 0. The van der Waals surface area contributed by atoms with Crippen LogP contribution in [0.5, 0.6) is 0 Å². The molecule has 0 aliphatic heterocycles. The zero-order valence-electron chi connectivity index (χ0n) is 13.4. The molecule has 2 aromatic carbocycles. The van der Waals surface area contributed by atoms with Crippen molar-refractivity contribution < 1.29 is 9.53 Å². The molecule has 0 aliphatic carbocycles. The van der Waals surface area contributed by atoms with Gasteiger partial charge in [-0.15, -0.1) is 0 Å². The number of fused-ring (bicyclic) bond motifs is 1. The van der Waals surface area contributed by atoms with E-state index < -0.39 is 12.1 Å². The molecule has 0 saturated heterocycles. The molecule has 1 N–H and O–H groups in total. The number of nitrogens with zero attached hydrogens (tertiary/aromatic N) is 1. The third-order valence-corrected chi connectivity index (χ3v) is 3.96. The monoisotopic (exact) mass is 354 g/mol. The van der Waals surface area contributed by atoms with Crippen molar-refractivity contribution in [3.05, 3.63) is 81.4 Å². The summed E-state index contributed by atoms with van der Waals surface area (Å²) in [4.78, 5) is 31.1. The van der Waals surface area contributed by atoms with Gasteiger partial charge in [-0.05, 0) is 36.8 Å². The van der Waals surface area contributed by atoms with Gasteiger partial charge in [-0.3, -0.25) is 4.79 Å². The lowest BCUT2D eigenvalue weighted by atomic mass is 10.2. The molecule has 0 saturated carbocycles. The topological polar surface area (TPSA) is 72.0 Å². The van der Waals surface area contributed by atoms with Crippen LogP contribution in [0.15, 0.2) is 59.4 Å². The van der Waals surface area contributed by atoms with Crippen LogP contribution in [0.3, 0.4) is 0 Å². The molecule has 0 radical (unpaired) electrons. The fraction of sp³-hybridized carbons (Fsp3) is 0.105. The van der Waals surface area contributed by atoms with Crippen molar-refractivity contribution in [1.82, 2.24) is 9.97 Å². The first-order valence-electron chi connectivity index (χ1n) is 7.67. The normalized spacial score (nSPS) is 12.4. The predicted molar refractivity (Wildman–Crippen MR) is 97.4 cm³/mol. The highest BCUT2D eigenvalue weighted by molar-refractivity contribution is 6.32. The van der Waals surface area contributed by atoms with Gasteiger partial charge in [0.1, 0.15) is 0 Å². The Balaban J connectivity index is 1.76. The third kappa shape index (κ3) is 3.95. The largest absolute Gasteiger partial charge is 0.451 e. The van der Waals surface area contributed by atoms with Crippen LogP contribution in [0.4, 0.5) is 0 Å².